The van der Waals surface area contributed by atoms with Crippen molar-refractivity contribution in [1.82, 2.24) is 4.57 Å². The first-order valence-electron chi connectivity index (χ1n) is 16.9. The van der Waals surface area contributed by atoms with Crippen LogP contribution in [0.3, 0.4) is 0 Å². The second kappa shape index (κ2) is 9.12. The van der Waals surface area contributed by atoms with Crippen LogP contribution in [0.25, 0.3) is 93.5 Å². The van der Waals surface area contributed by atoms with E-state index in [0.717, 1.165) is 0 Å². The van der Waals surface area contributed by atoms with Crippen molar-refractivity contribution in [1.29, 1.82) is 0 Å². The summed E-state index contributed by atoms with van der Waals surface area (Å²) in [5.74, 6) is 0. The van der Waals surface area contributed by atoms with Gasteiger partial charge in [-0.1, -0.05) is 123 Å². The number of para-hydroxylation sites is 1. The molecule has 48 heavy (non-hydrogen) atoms. The molecule has 2 aliphatic rings. The smallest absolute Gasteiger partial charge is 0.0547 e. The van der Waals surface area contributed by atoms with Crippen LogP contribution in [-0.4, -0.2) is 4.57 Å². The topological polar surface area (TPSA) is 4.93 Å². The van der Waals surface area contributed by atoms with Gasteiger partial charge in [-0.2, -0.15) is 0 Å². The summed E-state index contributed by atoms with van der Waals surface area (Å²) < 4.78 is 2.47. The molecule has 0 aliphatic heterocycles. The second-order valence-electron chi connectivity index (χ2n) is 14.1. The zero-order valence-corrected chi connectivity index (χ0v) is 26.9. The Kier molecular flexibility index (Phi) is 4.97. The van der Waals surface area contributed by atoms with E-state index in [1.165, 1.54) is 105 Å². The van der Waals surface area contributed by atoms with Gasteiger partial charge in [0.1, 0.15) is 0 Å². The quantitative estimate of drug-likeness (QED) is 0.184. The average Bonchev–Trinajstić information content (AvgIpc) is 3.71. The Bertz CT molecular complexity index is 2830. The summed E-state index contributed by atoms with van der Waals surface area (Å²) in [6, 6.07) is 56.9. The van der Waals surface area contributed by atoms with Gasteiger partial charge in [0.15, 0.2) is 0 Å². The van der Waals surface area contributed by atoms with Gasteiger partial charge in [0, 0.05) is 21.9 Å². The Labute approximate surface area is 279 Å². The molecule has 1 heteroatoms. The molecule has 0 atom stereocenters. The maximum atomic E-state index is 2.47. The van der Waals surface area contributed by atoms with Crippen molar-refractivity contribution < 1.29 is 0 Å². The molecule has 0 bridgehead atoms. The number of hydrogen-bond acceptors (Lipinski definition) is 0. The third kappa shape index (κ3) is 3.31. The highest BCUT2D eigenvalue weighted by molar-refractivity contribution is 6.19. The number of benzene rings is 8. The van der Waals surface area contributed by atoms with Crippen molar-refractivity contribution in [3.63, 3.8) is 0 Å². The molecule has 0 amide bonds. The predicted octanol–water partition coefficient (Wildman–Crippen LogP) is 12.7. The van der Waals surface area contributed by atoms with Gasteiger partial charge in [-0.3, -0.25) is 0 Å². The molecule has 0 N–H and O–H groups in total. The lowest BCUT2D eigenvalue weighted by atomic mass is 9.82. The molecule has 8 aromatic carbocycles. The first-order valence-corrected chi connectivity index (χ1v) is 16.9. The van der Waals surface area contributed by atoms with Crippen LogP contribution in [0.2, 0.25) is 0 Å². The standard InChI is InChI=1S/C47H31N/c1-47(2)42-19-7-5-15-35(42)40-24-30-27-45-41(25-29(30)26-43(40)47)36-16-6-8-20-44(36)48(45)31-12-9-11-28(23-31)32-21-22-39-34-14-4-3-13-33(34)38-18-10-17-37(32)46(38)39/h3-27H,1-2H3. The SMILES string of the molecule is CC1(C)c2ccccc2-c2cc3cc4c(cc3cc21)c1ccccc1n4-c1cccc(-c2ccc3c4c(cccc24)-c2ccccc2-3)c1. The Balaban J connectivity index is 1.14. The number of nitrogens with zero attached hydrogens (tertiary/aromatic N) is 1. The third-order valence-corrected chi connectivity index (χ3v) is 11.3. The van der Waals surface area contributed by atoms with Crippen LogP contribution in [0.1, 0.15) is 25.0 Å². The summed E-state index contributed by atoms with van der Waals surface area (Å²) in [6.45, 7) is 4.73. The van der Waals surface area contributed by atoms with Gasteiger partial charge in [0.05, 0.1) is 11.0 Å². The normalized spacial score (nSPS) is 13.8. The molecule has 2 aliphatic carbocycles. The molecular formula is C47H31N. The van der Waals surface area contributed by atoms with Crippen molar-refractivity contribution in [3.05, 3.63) is 163 Å². The Morgan fingerprint density at radius 1 is 0.396 bits per heavy atom. The van der Waals surface area contributed by atoms with Crippen molar-refractivity contribution in [2.45, 2.75) is 19.3 Å². The predicted molar refractivity (Wildman–Crippen MR) is 203 cm³/mol. The van der Waals surface area contributed by atoms with Crippen molar-refractivity contribution in [3.8, 4) is 50.2 Å². The minimum absolute atomic E-state index is 0.0189. The molecule has 224 valence electrons. The summed E-state index contributed by atoms with van der Waals surface area (Å²) in [7, 11) is 0. The summed E-state index contributed by atoms with van der Waals surface area (Å²) >= 11 is 0. The summed E-state index contributed by atoms with van der Waals surface area (Å²) in [5.41, 5.74) is 17.0. The molecule has 1 heterocycles. The number of hydrogen-bond donors (Lipinski definition) is 0. The minimum Gasteiger partial charge on any atom is -0.309 e. The first kappa shape index (κ1) is 26.2. The Morgan fingerprint density at radius 2 is 1.06 bits per heavy atom. The van der Waals surface area contributed by atoms with Gasteiger partial charge >= 0.3 is 0 Å². The van der Waals surface area contributed by atoms with E-state index in [0.29, 0.717) is 0 Å². The second-order valence-corrected chi connectivity index (χ2v) is 14.1. The fraction of sp³-hybridized carbons (Fsp3) is 0.0638. The van der Waals surface area contributed by atoms with Gasteiger partial charge in [0.25, 0.3) is 0 Å². The van der Waals surface area contributed by atoms with E-state index in [9.17, 15) is 0 Å². The molecular weight excluding hydrogens is 579 g/mol. The van der Waals surface area contributed by atoms with Crippen LogP contribution in [0, 0.1) is 0 Å². The van der Waals surface area contributed by atoms with Crippen molar-refractivity contribution >= 4 is 43.4 Å². The van der Waals surface area contributed by atoms with E-state index in [1.807, 2.05) is 0 Å². The maximum absolute atomic E-state index is 2.47. The van der Waals surface area contributed by atoms with Crippen LogP contribution in [-0.2, 0) is 5.41 Å². The van der Waals surface area contributed by atoms with Gasteiger partial charge in [-0.25, -0.2) is 0 Å². The molecule has 0 saturated carbocycles. The highest BCUT2D eigenvalue weighted by atomic mass is 15.0. The van der Waals surface area contributed by atoms with Gasteiger partial charge in [-0.05, 0) is 120 Å². The van der Waals surface area contributed by atoms with Crippen molar-refractivity contribution in [2.24, 2.45) is 0 Å². The minimum atomic E-state index is -0.0189. The van der Waals surface area contributed by atoms with E-state index in [-0.39, 0.29) is 5.41 Å². The van der Waals surface area contributed by atoms with E-state index >= 15 is 0 Å². The number of aromatic nitrogens is 1. The van der Waals surface area contributed by atoms with Crippen LogP contribution >= 0.6 is 0 Å². The molecule has 0 spiro atoms. The van der Waals surface area contributed by atoms with E-state index in [2.05, 4.69) is 170 Å². The van der Waals surface area contributed by atoms with Crippen molar-refractivity contribution in [2.75, 3.05) is 0 Å². The highest BCUT2D eigenvalue weighted by Gasteiger charge is 2.35. The monoisotopic (exact) mass is 609 g/mol. The lowest BCUT2D eigenvalue weighted by Gasteiger charge is -2.21. The van der Waals surface area contributed by atoms with Crippen LogP contribution in [0.4, 0.5) is 0 Å². The van der Waals surface area contributed by atoms with E-state index in [1.54, 1.807) is 0 Å². The fourth-order valence-electron chi connectivity index (χ4n) is 9.06. The highest BCUT2D eigenvalue weighted by Crippen LogP contribution is 2.51. The Morgan fingerprint density at radius 3 is 1.94 bits per heavy atom. The lowest BCUT2D eigenvalue weighted by molar-refractivity contribution is 0.661. The lowest BCUT2D eigenvalue weighted by Crippen LogP contribution is -2.14. The molecule has 9 aromatic rings. The zero-order valence-electron chi connectivity index (χ0n) is 26.9. The maximum Gasteiger partial charge on any atom is 0.0547 e. The first-order chi connectivity index (χ1) is 23.6. The van der Waals surface area contributed by atoms with E-state index < -0.39 is 0 Å². The van der Waals surface area contributed by atoms with Gasteiger partial charge < -0.3 is 4.57 Å². The van der Waals surface area contributed by atoms with Crippen LogP contribution < -0.4 is 0 Å². The van der Waals surface area contributed by atoms with Gasteiger partial charge in [0.2, 0.25) is 0 Å². The number of rotatable bonds is 2. The third-order valence-electron chi connectivity index (χ3n) is 11.3. The molecule has 0 fully saturated rings. The molecule has 0 saturated heterocycles. The van der Waals surface area contributed by atoms with Gasteiger partial charge in [-0.15, -0.1) is 0 Å². The molecule has 11 rings (SSSR count). The average molecular weight is 610 g/mol. The van der Waals surface area contributed by atoms with Crippen LogP contribution in [0.5, 0.6) is 0 Å². The summed E-state index contributed by atoms with van der Waals surface area (Å²) in [6.07, 6.45) is 0. The number of fused-ring (bicyclic) bond motifs is 10. The van der Waals surface area contributed by atoms with Crippen LogP contribution in [0.15, 0.2) is 152 Å². The molecule has 1 aromatic heterocycles. The van der Waals surface area contributed by atoms with E-state index in [4.69, 9.17) is 0 Å². The largest absolute Gasteiger partial charge is 0.309 e. The zero-order chi connectivity index (χ0) is 31.7. The summed E-state index contributed by atoms with van der Waals surface area (Å²) in [5, 5.41) is 7.82. The fourth-order valence-corrected chi connectivity index (χ4v) is 9.06. The molecule has 1 nitrogen and oxygen atoms in total. The Hall–Kier alpha value is -5.92. The summed E-state index contributed by atoms with van der Waals surface area (Å²) in [4.78, 5) is 0. The molecule has 0 radical (unpaired) electrons. The molecule has 0 unspecified atom stereocenters.